The van der Waals surface area contributed by atoms with E-state index in [0.717, 1.165) is 19.4 Å². The molecular formula is C11H25NO4. The minimum absolute atomic E-state index is 0. The highest BCUT2D eigenvalue weighted by atomic mass is 16.4. The number of hydrogen-bond donors (Lipinski definition) is 4. The second-order valence-electron chi connectivity index (χ2n) is 4.15. The van der Waals surface area contributed by atoms with Crippen molar-refractivity contribution in [3.05, 3.63) is 0 Å². The summed E-state index contributed by atoms with van der Waals surface area (Å²) in [5.74, 6) is 0. The van der Waals surface area contributed by atoms with Gasteiger partial charge in [0.25, 0.3) is 0 Å². The van der Waals surface area contributed by atoms with E-state index in [1.54, 1.807) is 0 Å². The van der Waals surface area contributed by atoms with Crippen LogP contribution < -0.4 is 0 Å². The third-order valence-electron chi connectivity index (χ3n) is 3.01. The summed E-state index contributed by atoms with van der Waals surface area (Å²) in [4.78, 5) is 1.84. The van der Waals surface area contributed by atoms with Crippen molar-refractivity contribution in [2.75, 3.05) is 19.7 Å². The zero-order valence-corrected chi connectivity index (χ0v) is 9.08. The fourth-order valence-electron chi connectivity index (χ4n) is 2.00. The van der Waals surface area contributed by atoms with Gasteiger partial charge in [0.2, 0.25) is 0 Å². The lowest BCUT2D eigenvalue weighted by molar-refractivity contribution is -0.145. The molecule has 98 valence electrons. The Labute approximate surface area is 97.3 Å². The molecule has 4 atom stereocenters. The summed E-state index contributed by atoms with van der Waals surface area (Å²) in [6.45, 7) is 2.89. The van der Waals surface area contributed by atoms with Crippen LogP contribution in [0.2, 0.25) is 0 Å². The molecule has 1 fully saturated rings. The van der Waals surface area contributed by atoms with E-state index in [4.69, 9.17) is 5.11 Å². The molecule has 0 aromatic carbocycles. The van der Waals surface area contributed by atoms with E-state index in [0.29, 0.717) is 6.54 Å². The number of aliphatic hydroxyl groups is 4. The van der Waals surface area contributed by atoms with Crippen molar-refractivity contribution >= 4 is 0 Å². The summed E-state index contributed by atoms with van der Waals surface area (Å²) in [7, 11) is 0. The lowest BCUT2D eigenvalue weighted by atomic mass is 9.94. The van der Waals surface area contributed by atoms with Crippen molar-refractivity contribution in [1.29, 1.82) is 0 Å². The fraction of sp³-hybridized carbons (Fsp3) is 1.00. The highest BCUT2D eigenvalue weighted by molar-refractivity contribution is 4.93. The van der Waals surface area contributed by atoms with Crippen LogP contribution in [0.4, 0.5) is 0 Å². The molecule has 5 heteroatoms. The molecule has 0 aromatic rings. The van der Waals surface area contributed by atoms with Gasteiger partial charge in [-0.3, -0.25) is 4.90 Å². The summed E-state index contributed by atoms with van der Waals surface area (Å²) in [5.41, 5.74) is 0. The molecule has 1 aliphatic rings. The van der Waals surface area contributed by atoms with Crippen molar-refractivity contribution in [1.82, 2.24) is 4.90 Å². The molecule has 0 unspecified atom stereocenters. The zero-order chi connectivity index (χ0) is 11.4. The van der Waals surface area contributed by atoms with Gasteiger partial charge in [-0.1, -0.05) is 20.8 Å². The minimum Gasteiger partial charge on any atom is -0.395 e. The highest BCUT2D eigenvalue weighted by Gasteiger charge is 2.40. The summed E-state index contributed by atoms with van der Waals surface area (Å²) < 4.78 is 0. The van der Waals surface area contributed by atoms with Crippen LogP contribution in [0.3, 0.4) is 0 Å². The maximum absolute atomic E-state index is 9.67. The van der Waals surface area contributed by atoms with E-state index >= 15 is 0 Å². The molecule has 1 rings (SSSR count). The monoisotopic (exact) mass is 235 g/mol. The van der Waals surface area contributed by atoms with Crippen molar-refractivity contribution in [2.24, 2.45) is 0 Å². The standard InChI is InChI=1S/C10H21NO4.CH4/c1-2-3-4-11-5-8(13)10(15)9(14)7(11)6-12;/h7-10,12-15H,2-6H2,1H3;1H4/t7-,8+,9-,10-;/m1./s1. The first-order valence-corrected chi connectivity index (χ1v) is 5.51. The average Bonchev–Trinajstić information content (AvgIpc) is 2.23. The van der Waals surface area contributed by atoms with E-state index in [9.17, 15) is 15.3 Å². The van der Waals surface area contributed by atoms with Gasteiger partial charge < -0.3 is 20.4 Å². The first kappa shape index (κ1) is 15.8. The topological polar surface area (TPSA) is 84.2 Å². The second-order valence-corrected chi connectivity index (χ2v) is 4.15. The first-order valence-electron chi connectivity index (χ1n) is 5.51. The molecule has 0 bridgehead atoms. The molecule has 1 heterocycles. The SMILES string of the molecule is C.CCCCN1C[C@H](O)[C@@H](O)[C@H](O)[C@H]1CO. The van der Waals surface area contributed by atoms with Crippen LogP contribution in [-0.2, 0) is 0 Å². The Bertz CT molecular complexity index is 191. The third kappa shape index (κ3) is 3.40. The fourth-order valence-corrected chi connectivity index (χ4v) is 2.00. The maximum atomic E-state index is 9.67. The summed E-state index contributed by atoms with van der Waals surface area (Å²) >= 11 is 0. The Morgan fingerprint density at radius 2 is 1.81 bits per heavy atom. The Kier molecular flexibility index (Phi) is 7.10. The molecule has 4 N–H and O–H groups in total. The van der Waals surface area contributed by atoms with Gasteiger partial charge in [-0.25, -0.2) is 0 Å². The Morgan fingerprint density at radius 1 is 1.19 bits per heavy atom. The molecule has 0 radical (unpaired) electrons. The smallest absolute Gasteiger partial charge is 0.109 e. The van der Waals surface area contributed by atoms with E-state index in [-0.39, 0.29) is 14.0 Å². The zero-order valence-electron chi connectivity index (χ0n) is 9.08. The van der Waals surface area contributed by atoms with Crippen LogP contribution in [0.25, 0.3) is 0 Å². The predicted octanol–water partition coefficient (Wildman–Crippen LogP) is -0.818. The van der Waals surface area contributed by atoms with Crippen LogP contribution in [0.5, 0.6) is 0 Å². The summed E-state index contributed by atoms with van der Waals surface area (Å²) in [6.07, 6.45) is -1.19. The predicted molar refractivity (Wildman–Crippen MR) is 62.1 cm³/mol. The summed E-state index contributed by atoms with van der Waals surface area (Å²) in [6, 6.07) is -0.463. The van der Waals surface area contributed by atoms with E-state index in [2.05, 4.69) is 6.92 Å². The number of β-amino-alcohol motifs (C(OH)–C–C–N with tert-alkyl or cyclic N) is 1. The van der Waals surface area contributed by atoms with Gasteiger partial charge in [-0.2, -0.15) is 0 Å². The van der Waals surface area contributed by atoms with Gasteiger partial charge in [0.15, 0.2) is 0 Å². The maximum Gasteiger partial charge on any atom is 0.109 e. The van der Waals surface area contributed by atoms with Gasteiger partial charge in [0, 0.05) is 6.54 Å². The van der Waals surface area contributed by atoms with Crippen LogP contribution in [0.15, 0.2) is 0 Å². The van der Waals surface area contributed by atoms with Crippen LogP contribution in [-0.4, -0.2) is 69.4 Å². The molecule has 16 heavy (non-hydrogen) atoms. The molecular weight excluding hydrogens is 210 g/mol. The van der Waals surface area contributed by atoms with Crippen LogP contribution >= 0.6 is 0 Å². The van der Waals surface area contributed by atoms with Gasteiger partial charge in [0.1, 0.15) is 12.2 Å². The van der Waals surface area contributed by atoms with E-state index in [1.807, 2.05) is 4.90 Å². The molecule has 0 aromatic heterocycles. The summed E-state index contributed by atoms with van der Waals surface area (Å²) in [5, 5.41) is 37.8. The number of likely N-dealkylation sites (tertiary alicyclic amines) is 1. The van der Waals surface area contributed by atoms with Crippen LogP contribution in [0, 0.1) is 0 Å². The molecule has 1 aliphatic heterocycles. The first-order chi connectivity index (χ1) is 7.11. The number of nitrogens with zero attached hydrogens (tertiary/aromatic N) is 1. The Hall–Kier alpha value is -0.200. The molecule has 1 saturated heterocycles. The Morgan fingerprint density at radius 3 is 2.31 bits per heavy atom. The third-order valence-corrected chi connectivity index (χ3v) is 3.01. The molecule has 0 saturated carbocycles. The number of piperidine rings is 1. The lowest BCUT2D eigenvalue weighted by Gasteiger charge is -2.43. The van der Waals surface area contributed by atoms with E-state index < -0.39 is 24.4 Å². The number of hydrogen-bond acceptors (Lipinski definition) is 5. The van der Waals surface area contributed by atoms with Gasteiger partial charge in [0.05, 0.1) is 18.8 Å². The average molecular weight is 235 g/mol. The highest BCUT2D eigenvalue weighted by Crippen LogP contribution is 2.19. The van der Waals surface area contributed by atoms with Crippen molar-refractivity contribution in [3.63, 3.8) is 0 Å². The normalized spacial score (nSPS) is 35.8. The van der Waals surface area contributed by atoms with Gasteiger partial charge in [-0.15, -0.1) is 0 Å². The molecule has 5 nitrogen and oxygen atoms in total. The quantitative estimate of drug-likeness (QED) is 0.512. The Balaban J connectivity index is 0.00000225. The number of aliphatic hydroxyl groups excluding tert-OH is 4. The lowest BCUT2D eigenvalue weighted by Crippen LogP contribution is -2.62. The number of rotatable bonds is 4. The van der Waals surface area contributed by atoms with E-state index in [1.165, 1.54) is 0 Å². The molecule has 0 amide bonds. The minimum atomic E-state index is -1.15. The molecule has 0 spiro atoms. The van der Waals surface area contributed by atoms with Crippen LogP contribution in [0.1, 0.15) is 27.2 Å². The number of unbranched alkanes of at least 4 members (excludes halogenated alkanes) is 1. The molecule has 0 aliphatic carbocycles. The van der Waals surface area contributed by atoms with Crippen molar-refractivity contribution < 1.29 is 20.4 Å². The van der Waals surface area contributed by atoms with Crippen molar-refractivity contribution in [3.8, 4) is 0 Å². The van der Waals surface area contributed by atoms with Crippen molar-refractivity contribution in [2.45, 2.75) is 51.5 Å². The largest absolute Gasteiger partial charge is 0.395 e. The van der Waals surface area contributed by atoms with Gasteiger partial charge in [-0.05, 0) is 13.0 Å². The van der Waals surface area contributed by atoms with Gasteiger partial charge >= 0.3 is 0 Å². The second kappa shape index (κ2) is 7.19.